The third-order valence-corrected chi connectivity index (χ3v) is 5.33. The van der Waals surface area contributed by atoms with Gasteiger partial charge in [-0.05, 0) is 34.8 Å². The van der Waals surface area contributed by atoms with E-state index in [0.29, 0.717) is 9.99 Å². The SMILES string of the molecule is COC1CC(n2c(=O)n(C)c3cnc4cc(F)c(Br)cc4c32)C1. The lowest BCUT2D eigenvalue weighted by Crippen LogP contribution is -2.37. The predicted molar refractivity (Wildman–Crippen MR) is 89.2 cm³/mol. The van der Waals surface area contributed by atoms with E-state index in [9.17, 15) is 9.18 Å². The number of benzene rings is 1. The maximum atomic E-state index is 13.8. The zero-order chi connectivity index (χ0) is 16.3. The number of pyridine rings is 1. The number of hydrogen-bond donors (Lipinski definition) is 0. The molecule has 0 bridgehead atoms. The summed E-state index contributed by atoms with van der Waals surface area (Å²) in [5.74, 6) is -0.364. The minimum absolute atomic E-state index is 0.0747. The van der Waals surface area contributed by atoms with Gasteiger partial charge in [0, 0.05) is 31.7 Å². The largest absolute Gasteiger partial charge is 0.381 e. The third kappa shape index (κ3) is 2.06. The number of halogens is 2. The number of aryl methyl sites for hydroxylation is 1. The molecule has 1 aliphatic rings. The molecule has 3 aromatic rings. The van der Waals surface area contributed by atoms with Crippen LogP contribution in [0.15, 0.2) is 27.6 Å². The molecule has 0 saturated heterocycles. The molecule has 0 radical (unpaired) electrons. The molecule has 0 atom stereocenters. The van der Waals surface area contributed by atoms with Crippen molar-refractivity contribution in [1.82, 2.24) is 14.1 Å². The highest BCUT2D eigenvalue weighted by Gasteiger charge is 2.33. The van der Waals surface area contributed by atoms with Gasteiger partial charge in [0.25, 0.3) is 0 Å². The molecular formula is C16H15BrFN3O2. The van der Waals surface area contributed by atoms with Gasteiger partial charge < -0.3 is 4.74 Å². The monoisotopic (exact) mass is 379 g/mol. The Morgan fingerprint density at radius 2 is 2.13 bits per heavy atom. The first-order valence-corrected chi connectivity index (χ1v) is 8.18. The predicted octanol–water partition coefficient (Wildman–Crippen LogP) is 3.14. The summed E-state index contributed by atoms with van der Waals surface area (Å²) in [7, 11) is 3.42. The van der Waals surface area contributed by atoms with Crippen LogP contribution in [0.25, 0.3) is 21.9 Å². The van der Waals surface area contributed by atoms with E-state index in [4.69, 9.17) is 4.74 Å². The first kappa shape index (κ1) is 14.8. The number of methoxy groups -OCH3 is 1. The summed E-state index contributed by atoms with van der Waals surface area (Å²) >= 11 is 3.22. The van der Waals surface area contributed by atoms with Gasteiger partial charge in [-0.25, -0.2) is 9.18 Å². The van der Waals surface area contributed by atoms with Gasteiger partial charge in [0.1, 0.15) is 5.82 Å². The number of nitrogens with zero attached hydrogens (tertiary/aromatic N) is 3. The number of fused-ring (bicyclic) bond motifs is 3. The Morgan fingerprint density at radius 3 is 2.83 bits per heavy atom. The fourth-order valence-corrected chi connectivity index (χ4v) is 3.64. The summed E-state index contributed by atoms with van der Waals surface area (Å²) in [6.07, 6.45) is 3.44. The van der Waals surface area contributed by atoms with Gasteiger partial charge in [0.15, 0.2) is 0 Å². The Labute approximate surface area is 139 Å². The minimum atomic E-state index is -0.364. The van der Waals surface area contributed by atoms with Crippen LogP contribution >= 0.6 is 15.9 Å². The Kier molecular flexibility index (Phi) is 3.32. The summed E-state index contributed by atoms with van der Waals surface area (Å²) < 4.78 is 22.9. The standard InChI is InChI=1S/C16H15BrFN3O2/c1-20-14-7-19-13-6-12(18)11(17)5-10(13)15(14)21(16(20)22)8-3-9(4-8)23-2/h5-9H,3-4H2,1-2H3. The molecule has 23 heavy (non-hydrogen) atoms. The molecule has 0 aliphatic heterocycles. The Bertz CT molecular complexity index is 989. The van der Waals surface area contributed by atoms with Gasteiger partial charge in [0.2, 0.25) is 0 Å². The molecule has 120 valence electrons. The fourth-order valence-electron chi connectivity index (χ4n) is 3.30. The minimum Gasteiger partial charge on any atom is -0.381 e. The second-order valence-electron chi connectivity index (χ2n) is 5.97. The molecule has 4 rings (SSSR count). The van der Waals surface area contributed by atoms with Crippen molar-refractivity contribution >= 4 is 37.9 Å². The fraction of sp³-hybridized carbons (Fsp3) is 0.375. The van der Waals surface area contributed by atoms with Crippen LogP contribution in [0.2, 0.25) is 0 Å². The molecule has 0 amide bonds. The number of rotatable bonds is 2. The summed E-state index contributed by atoms with van der Waals surface area (Å²) in [6, 6.07) is 3.19. The van der Waals surface area contributed by atoms with Gasteiger partial charge >= 0.3 is 5.69 Å². The molecule has 1 aliphatic carbocycles. The van der Waals surface area contributed by atoms with Crippen molar-refractivity contribution in [2.45, 2.75) is 25.0 Å². The van der Waals surface area contributed by atoms with E-state index >= 15 is 0 Å². The number of imidazole rings is 1. The highest BCUT2D eigenvalue weighted by molar-refractivity contribution is 9.10. The lowest BCUT2D eigenvalue weighted by Gasteiger charge is -2.34. The average molecular weight is 380 g/mol. The van der Waals surface area contributed by atoms with E-state index in [-0.39, 0.29) is 23.7 Å². The van der Waals surface area contributed by atoms with Crippen LogP contribution in [-0.2, 0) is 11.8 Å². The van der Waals surface area contributed by atoms with Gasteiger partial charge in [-0.15, -0.1) is 0 Å². The van der Waals surface area contributed by atoms with E-state index in [0.717, 1.165) is 29.3 Å². The Morgan fingerprint density at radius 1 is 1.39 bits per heavy atom. The van der Waals surface area contributed by atoms with Crippen molar-refractivity contribution < 1.29 is 9.13 Å². The summed E-state index contributed by atoms with van der Waals surface area (Å²) in [5.41, 5.74) is 2.03. The molecule has 1 aromatic carbocycles. The van der Waals surface area contributed by atoms with Crippen molar-refractivity contribution in [3.63, 3.8) is 0 Å². The molecule has 1 saturated carbocycles. The van der Waals surface area contributed by atoms with Crippen LogP contribution in [0.5, 0.6) is 0 Å². The van der Waals surface area contributed by atoms with E-state index in [1.165, 1.54) is 6.07 Å². The molecule has 5 nitrogen and oxygen atoms in total. The zero-order valence-corrected chi connectivity index (χ0v) is 14.3. The topological polar surface area (TPSA) is 49.0 Å². The van der Waals surface area contributed by atoms with Crippen molar-refractivity contribution in [3.8, 4) is 0 Å². The van der Waals surface area contributed by atoms with Gasteiger partial charge in [0.05, 0.1) is 33.3 Å². The number of ether oxygens (including phenoxy) is 1. The van der Waals surface area contributed by atoms with E-state index in [1.807, 2.05) is 0 Å². The molecule has 1 fully saturated rings. The van der Waals surface area contributed by atoms with Crippen LogP contribution in [0.1, 0.15) is 18.9 Å². The Balaban J connectivity index is 2.05. The van der Waals surface area contributed by atoms with Crippen molar-refractivity contribution in [2.24, 2.45) is 7.05 Å². The maximum absolute atomic E-state index is 13.8. The van der Waals surface area contributed by atoms with E-state index in [2.05, 4.69) is 20.9 Å². The number of hydrogen-bond acceptors (Lipinski definition) is 3. The Hall–Kier alpha value is -1.73. The summed E-state index contributed by atoms with van der Waals surface area (Å²) in [4.78, 5) is 17.0. The van der Waals surface area contributed by atoms with Crippen molar-refractivity contribution in [2.75, 3.05) is 7.11 Å². The summed E-state index contributed by atoms with van der Waals surface area (Å²) in [5, 5.41) is 0.773. The van der Waals surface area contributed by atoms with Gasteiger partial charge in [-0.2, -0.15) is 0 Å². The maximum Gasteiger partial charge on any atom is 0.329 e. The van der Waals surface area contributed by atoms with Crippen LogP contribution in [0, 0.1) is 5.82 Å². The lowest BCUT2D eigenvalue weighted by atomic mass is 9.89. The molecule has 2 aromatic heterocycles. The van der Waals surface area contributed by atoms with Crippen LogP contribution in [0.4, 0.5) is 4.39 Å². The molecular weight excluding hydrogens is 365 g/mol. The second kappa shape index (κ2) is 5.14. The van der Waals surface area contributed by atoms with Crippen molar-refractivity contribution in [1.29, 1.82) is 0 Å². The van der Waals surface area contributed by atoms with E-state index in [1.54, 1.807) is 35.6 Å². The second-order valence-corrected chi connectivity index (χ2v) is 6.82. The zero-order valence-electron chi connectivity index (χ0n) is 12.7. The van der Waals surface area contributed by atoms with Crippen LogP contribution in [-0.4, -0.2) is 27.3 Å². The third-order valence-electron chi connectivity index (χ3n) is 4.73. The molecule has 0 unspecified atom stereocenters. The molecule has 0 N–H and O–H groups in total. The molecule has 7 heteroatoms. The van der Waals surface area contributed by atoms with Crippen molar-refractivity contribution in [3.05, 3.63) is 39.1 Å². The normalized spacial score (nSPS) is 21.0. The molecule has 2 heterocycles. The first-order chi connectivity index (χ1) is 11.0. The average Bonchev–Trinajstić information content (AvgIpc) is 2.73. The highest BCUT2D eigenvalue weighted by Crippen LogP contribution is 2.37. The lowest BCUT2D eigenvalue weighted by molar-refractivity contribution is 0.00635. The van der Waals surface area contributed by atoms with Crippen LogP contribution < -0.4 is 5.69 Å². The van der Waals surface area contributed by atoms with Gasteiger partial charge in [-0.3, -0.25) is 14.1 Å². The molecule has 0 spiro atoms. The number of aromatic nitrogens is 3. The van der Waals surface area contributed by atoms with Crippen LogP contribution in [0.3, 0.4) is 0 Å². The van der Waals surface area contributed by atoms with Gasteiger partial charge in [-0.1, -0.05) is 0 Å². The smallest absolute Gasteiger partial charge is 0.329 e. The highest BCUT2D eigenvalue weighted by atomic mass is 79.9. The quantitative estimate of drug-likeness (QED) is 0.687. The van der Waals surface area contributed by atoms with E-state index < -0.39 is 0 Å². The summed E-state index contributed by atoms with van der Waals surface area (Å²) in [6.45, 7) is 0. The first-order valence-electron chi connectivity index (χ1n) is 7.38.